The number of phenolic OH excluding ortho intramolecular Hbond substituents is 1. The van der Waals surface area contributed by atoms with Crippen molar-refractivity contribution in [2.75, 3.05) is 0 Å². The zero-order chi connectivity index (χ0) is 19.5. The van der Waals surface area contributed by atoms with Crippen LogP contribution in [0, 0.1) is 0 Å². The summed E-state index contributed by atoms with van der Waals surface area (Å²) in [7, 11) is 0. The van der Waals surface area contributed by atoms with E-state index < -0.39 is 5.91 Å². The van der Waals surface area contributed by atoms with E-state index in [1.807, 2.05) is 54.6 Å². The standard InChI is InChI=1S/C22H15ClN2O3/c23-21-17(12-20(28-21)14-6-2-1-3-7-14)13-24-25-22(27)18-10-15-8-4-5-9-16(15)11-19(18)26/h1-13,26H,(H,25,27)/b24-13-. The molecule has 4 aromatic rings. The molecule has 6 heteroatoms. The molecule has 0 aliphatic heterocycles. The largest absolute Gasteiger partial charge is 0.507 e. The predicted octanol–water partition coefficient (Wildman–Crippen LogP) is 5.22. The van der Waals surface area contributed by atoms with Crippen LogP contribution in [0.4, 0.5) is 0 Å². The Kier molecular flexibility index (Phi) is 4.83. The third kappa shape index (κ3) is 3.61. The van der Waals surface area contributed by atoms with Crippen molar-refractivity contribution in [3.63, 3.8) is 0 Å². The van der Waals surface area contributed by atoms with E-state index in [0.29, 0.717) is 11.3 Å². The van der Waals surface area contributed by atoms with Crippen molar-refractivity contribution >= 4 is 34.5 Å². The van der Waals surface area contributed by atoms with Gasteiger partial charge in [0.2, 0.25) is 5.22 Å². The lowest BCUT2D eigenvalue weighted by Gasteiger charge is -2.05. The van der Waals surface area contributed by atoms with Crippen molar-refractivity contribution in [3.8, 4) is 17.1 Å². The predicted molar refractivity (Wildman–Crippen MR) is 110 cm³/mol. The Morgan fingerprint density at radius 2 is 1.68 bits per heavy atom. The highest BCUT2D eigenvalue weighted by Crippen LogP contribution is 2.28. The van der Waals surface area contributed by atoms with E-state index in [0.717, 1.165) is 16.3 Å². The summed E-state index contributed by atoms with van der Waals surface area (Å²) in [6, 6.07) is 21.9. The molecule has 1 heterocycles. The molecular formula is C22H15ClN2O3. The van der Waals surface area contributed by atoms with Gasteiger partial charge in [0.1, 0.15) is 11.5 Å². The number of hydrogen-bond donors (Lipinski definition) is 2. The maximum atomic E-state index is 12.4. The molecule has 1 aromatic heterocycles. The van der Waals surface area contributed by atoms with E-state index >= 15 is 0 Å². The topological polar surface area (TPSA) is 74.8 Å². The lowest BCUT2D eigenvalue weighted by atomic mass is 10.1. The maximum Gasteiger partial charge on any atom is 0.275 e. The summed E-state index contributed by atoms with van der Waals surface area (Å²) in [6.45, 7) is 0. The van der Waals surface area contributed by atoms with Crippen molar-refractivity contribution in [2.24, 2.45) is 5.10 Å². The number of benzene rings is 3. The Morgan fingerprint density at radius 1 is 1.00 bits per heavy atom. The molecule has 4 rings (SSSR count). The van der Waals surface area contributed by atoms with Crippen molar-refractivity contribution in [1.29, 1.82) is 0 Å². The highest BCUT2D eigenvalue weighted by Gasteiger charge is 2.13. The van der Waals surface area contributed by atoms with Crippen LogP contribution in [0.15, 0.2) is 82.3 Å². The molecule has 0 saturated heterocycles. The minimum atomic E-state index is -0.526. The first kappa shape index (κ1) is 17.8. The first-order valence-electron chi connectivity index (χ1n) is 8.52. The number of phenols is 1. The second kappa shape index (κ2) is 7.58. The molecule has 0 aliphatic carbocycles. The zero-order valence-electron chi connectivity index (χ0n) is 14.6. The molecule has 0 atom stereocenters. The van der Waals surface area contributed by atoms with Crippen LogP contribution in [-0.2, 0) is 0 Å². The SMILES string of the molecule is O=C(N/N=C\c1cc(-c2ccccc2)oc1Cl)c1cc2ccccc2cc1O. The van der Waals surface area contributed by atoms with Gasteiger partial charge in [0.15, 0.2) is 0 Å². The Bertz CT molecular complexity index is 1180. The van der Waals surface area contributed by atoms with E-state index in [9.17, 15) is 9.90 Å². The lowest BCUT2D eigenvalue weighted by Crippen LogP contribution is -2.17. The first-order valence-corrected chi connectivity index (χ1v) is 8.89. The molecule has 0 bridgehead atoms. The summed E-state index contributed by atoms with van der Waals surface area (Å²) >= 11 is 6.11. The van der Waals surface area contributed by atoms with E-state index in [4.69, 9.17) is 16.0 Å². The Hall–Kier alpha value is -3.57. The number of carbonyl (C=O) groups is 1. The van der Waals surface area contributed by atoms with Crippen molar-refractivity contribution in [2.45, 2.75) is 0 Å². The number of carbonyl (C=O) groups excluding carboxylic acids is 1. The van der Waals surface area contributed by atoms with Gasteiger partial charge in [-0.05, 0) is 40.6 Å². The third-order valence-corrected chi connectivity index (χ3v) is 4.55. The fourth-order valence-electron chi connectivity index (χ4n) is 2.85. The minimum absolute atomic E-state index is 0.112. The van der Waals surface area contributed by atoms with Gasteiger partial charge in [-0.15, -0.1) is 0 Å². The van der Waals surface area contributed by atoms with Crippen molar-refractivity contribution in [1.82, 2.24) is 5.43 Å². The summed E-state index contributed by atoms with van der Waals surface area (Å²) in [5, 5.41) is 15.9. The highest BCUT2D eigenvalue weighted by atomic mass is 35.5. The molecule has 0 saturated carbocycles. The molecule has 5 nitrogen and oxygen atoms in total. The van der Waals surface area contributed by atoms with Crippen LogP contribution in [0.5, 0.6) is 5.75 Å². The fraction of sp³-hybridized carbons (Fsp3) is 0. The van der Waals surface area contributed by atoms with Gasteiger partial charge in [0.05, 0.1) is 17.3 Å². The number of amides is 1. The highest BCUT2D eigenvalue weighted by molar-refractivity contribution is 6.31. The Morgan fingerprint density at radius 3 is 2.43 bits per heavy atom. The van der Waals surface area contributed by atoms with E-state index in [-0.39, 0.29) is 16.5 Å². The Labute approximate surface area is 165 Å². The van der Waals surface area contributed by atoms with Gasteiger partial charge in [-0.25, -0.2) is 5.43 Å². The lowest BCUT2D eigenvalue weighted by molar-refractivity contribution is 0.0952. The number of nitrogens with zero attached hydrogens (tertiary/aromatic N) is 1. The monoisotopic (exact) mass is 390 g/mol. The molecule has 3 aromatic carbocycles. The number of halogens is 1. The number of rotatable bonds is 4. The number of hydrogen-bond acceptors (Lipinski definition) is 4. The van der Waals surface area contributed by atoms with Crippen LogP contribution in [0.2, 0.25) is 5.22 Å². The van der Waals surface area contributed by atoms with Gasteiger partial charge in [0, 0.05) is 5.56 Å². The van der Waals surface area contributed by atoms with Gasteiger partial charge in [-0.2, -0.15) is 5.10 Å². The summed E-state index contributed by atoms with van der Waals surface area (Å²) in [4.78, 5) is 12.4. The van der Waals surface area contributed by atoms with Gasteiger partial charge in [-0.1, -0.05) is 54.6 Å². The smallest absolute Gasteiger partial charge is 0.275 e. The van der Waals surface area contributed by atoms with E-state index in [1.54, 1.807) is 18.2 Å². The summed E-state index contributed by atoms with van der Waals surface area (Å²) in [6.07, 6.45) is 1.40. The minimum Gasteiger partial charge on any atom is -0.507 e. The van der Waals surface area contributed by atoms with Crippen molar-refractivity contribution in [3.05, 3.63) is 89.1 Å². The van der Waals surface area contributed by atoms with Gasteiger partial charge < -0.3 is 9.52 Å². The third-order valence-electron chi connectivity index (χ3n) is 4.25. The quantitative estimate of drug-likeness (QED) is 0.370. The normalized spacial score (nSPS) is 11.2. The molecule has 0 fully saturated rings. The van der Waals surface area contributed by atoms with Crippen LogP contribution in [-0.4, -0.2) is 17.2 Å². The molecule has 138 valence electrons. The maximum absolute atomic E-state index is 12.4. The summed E-state index contributed by atoms with van der Waals surface area (Å²) in [5.74, 6) is -0.0351. The summed E-state index contributed by atoms with van der Waals surface area (Å²) < 4.78 is 5.53. The molecule has 0 radical (unpaired) electrons. The van der Waals surface area contributed by atoms with Crippen LogP contribution < -0.4 is 5.43 Å². The summed E-state index contributed by atoms with van der Waals surface area (Å²) in [5.41, 5.74) is 3.95. The second-order valence-corrected chi connectivity index (χ2v) is 6.46. The van der Waals surface area contributed by atoms with Gasteiger partial charge in [-0.3, -0.25) is 4.79 Å². The molecule has 1 amide bonds. The number of hydrazone groups is 1. The van der Waals surface area contributed by atoms with Gasteiger partial charge >= 0.3 is 0 Å². The molecule has 2 N–H and O–H groups in total. The molecule has 0 unspecified atom stereocenters. The Balaban J connectivity index is 1.52. The van der Waals surface area contributed by atoms with Crippen molar-refractivity contribution < 1.29 is 14.3 Å². The number of fused-ring (bicyclic) bond motifs is 1. The second-order valence-electron chi connectivity index (χ2n) is 6.12. The molecule has 0 spiro atoms. The first-order chi connectivity index (χ1) is 13.6. The number of furan rings is 1. The zero-order valence-corrected chi connectivity index (χ0v) is 15.4. The number of aromatic hydroxyl groups is 1. The fourth-order valence-corrected chi connectivity index (χ4v) is 3.03. The van der Waals surface area contributed by atoms with Crippen LogP contribution in [0.25, 0.3) is 22.1 Å². The molecular weight excluding hydrogens is 376 g/mol. The van der Waals surface area contributed by atoms with E-state index in [2.05, 4.69) is 10.5 Å². The average molecular weight is 391 g/mol. The number of nitrogens with one attached hydrogen (secondary N) is 1. The van der Waals surface area contributed by atoms with Crippen LogP contribution in [0.1, 0.15) is 15.9 Å². The molecule has 28 heavy (non-hydrogen) atoms. The van der Waals surface area contributed by atoms with Crippen LogP contribution in [0.3, 0.4) is 0 Å². The average Bonchev–Trinajstić information content (AvgIpc) is 3.08. The van der Waals surface area contributed by atoms with E-state index in [1.165, 1.54) is 6.21 Å². The van der Waals surface area contributed by atoms with Crippen LogP contribution >= 0.6 is 11.6 Å². The van der Waals surface area contributed by atoms with Gasteiger partial charge in [0.25, 0.3) is 5.91 Å². The molecule has 0 aliphatic rings.